The molecule has 0 unspecified atom stereocenters. The van der Waals surface area contributed by atoms with Gasteiger partial charge in [0.2, 0.25) is 11.9 Å². The fourth-order valence-corrected chi connectivity index (χ4v) is 2.08. The summed E-state index contributed by atoms with van der Waals surface area (Å²) < 4.78 is 2.05. The minimum atomic E-state index is -0.0678. The monoisotopic (exact) mass is 287 g/mol. The first-order chi connectivity index (χ1) is 9.97. The van der Waals surface area contributed by atoms with Crippen molar-refractivity contribution >= 4 is 23.2 Å². The van der Waals surface area contributed by atoms with E-state index in [0.29, 0.717) is 6.54 Å². The molecular formula is C15H21N5O. The van der Waals surface area contributed by atoms with E-state index in [9.17, 15) is 4.79 Å². The summed E-state index contributed by atoms with van der Waals surface area (Å²) in [5, 5.41) is 6.09. The number of nitrogens with one attached hydrogen (secondary N) is 2. The summed E-state index contributed by atoms with van der Waals surface area (Å²) in [5.74, 6) is 0.856. The molecule has 0 aliphatic rings. The Morgan fingerprint density at radius 1 is 1.24 bits per heavy atom. The first kappa shape index (κ1) is 14.9. The van der Waals surface area contributed by atoms with Gasteiger partial charge in [0.15, 0.2) is 0 Å². The number of hydrogen-bond donors (Lipinski definition) is 2. The Morgan fingerprint density at radius 2 is 1.86 bits per heavy atom. The van der Waals surface area contributed by atoms with Crippen LogP contribution in [0.3, 0.4) is 0 Å². The lowest BCUT2D eigenvalue weighted by Gasteiger charge is -2.13. The number of aromatic nitrogens is 2. The normalized spacial score (nSPS) is 10.3. The average molecular weight is 287 g/mol. The SMILES string of the molecule is CC(=O)Nc1ccc(NCc2cnc(N(C)C)n2C)cc1. The molecule has 0 saturated carbocycles. The molecular weight excluding hydrogens is 266 g/mol. The molecule has 1 amide bonds. The number of hydrogen-bond acceptors (Lipinski definition) is 4. The molecule has 6 heteroatoms. The van der Waals surface area contributed by atoms with Crippen molar-refractivity contribution in [1.29, 1.82) is 0 Å². The third-order valence-corrected chi connectivity index (χ3v) is 3.14. The summed E-state index contributed by atoms with van der Waals surface area (Å²) >= 11 is 0. The molecule has 2 rings (SSSR count). The van der Waals surface area contributed by atoms with Gasteiger partial charge >= 0.3 is 0 Å². The van der Waals surface area contributed by atoms with E-state index in [2.05, 4.69) is 20.2 Å². The molecule has 0 aliphatic heterocycles. The molecule has 0 bridgehead atoms. The minimum Gasteiger partial charge on any atom is -0.379 e. The summed E-state index contributed by atoms with van der Waals surface area (Å²) in [6, 6.07) is 7.62. The second-order valence-electron chi connectivity index (χ2n) is 5.12. The minimum absolute atomic E-state index is 0.0678. The van der Waals surface area contributed by atoms with E-state index in [0.717, 1.165) is 23.0 Å². The Balaban J connectivity index is 1.98. The zero-order valence-corrected chi connectivity index (χ0v) is 12.8. The molecule has 0 spiro atoms. The number of nitrogens with zero attached hydrogens (tertiary/aromatic N) is 3. The van der Waals surface area contributed by atoms with Gasteiger partial charge < -0.3 is 20.1 Å². The van der Waals surface area contributed by atoms with E-state index < -0.39 is 0 Å². The van der Waals surface area contributed by atoms with E-state index >= 15 is 0 Å². The van der Waals surface area contributed by atoms with Crippen molar-refractivity contribution in [3.63, 3.8) is 0 Å². The standard InChI is InChI=1S/C15H21N5O/c1-11(21)18-13-7-5-12(6-8-13)16-9-14-10-17-15(19(2)3)20(14)4/h5-8,10,16H,9H2,1-4H3,(H,18,21). The molecule has 6 nitrogen and oxygen atoms in total. The number of imidazole rings is 1. The van der Waals surface area contributed by atoms with Crippen molar-refractivity contribution < 1.29 is 4.79 Å². The molecule has 2 aromatic rings. The maximum absolute atomic E-state index is 11.0. The summed E-state index contributed by atoms with van der Waals surface area (Å²) in [6.07, 6.45) is 1.87. The lowest BCUT2D eigenvalue weighted by molar-refractivity contribution is -0.114. The third kappa shape index (κ3) is 3.75. The molecule has 112 valence electrons. The van der Waals surface area contributed by atoms with Crippen LogP contribution in [0.5, 0.6) is 0 Å². The number of rotatable bonds is 5. The van der Waals surface area contributed by atoms with Crippen LogP contribution in [0.4, 0.5) is 17.3 Å². The van der Waals surface area contributed by atoms with Crippen LogP contribution in [0.25, 0.3) is 0 Å². The lowest BCUT2D eigenvalue weighted by atomic mass is 10.2. The van der Waals surface area contributed by atoms with Gasteiger partial charge in [-0.15, -0.1) is 0 Å². The van der Waals surface area contributed by atoms with Gasteiger partial charge in [0.25, 0.3) is 0 Å². The topological polar surface area (TPSA) is 62.2 Å². The van der Waals surface area contributed by atoms with Gasteiger partial charge in [-0.2, -0.15) is 0 Å². The molecule has 0 aliphatic carbocycles. The van der Waals surface area contributed by atoms with Crippen LogP contribution in [0.2, 0.25) is 0 Å². The molecule has 1 heterocycles. The van der Waals surface area contributed by atoms with Crippen LogP contribution >= 0.6 is 0 Å². The van der Waals surface area contributed by atoms with Crippen LogP contribution in [0, 0.1) is 0 Å². The van der Waals surface area contributed by atoms with E-state index in [4.69, 9.17) is 0 Å². The zero-order chi connectivity index (χ0) is 15.4. The maximum atomic E-state index is 11.0. The van der Waals surface area contributed by atoms with Gasteiger partial charge in [0.05, 0.1) is 18.4 Å². The Morgan fingerprint density at radius 3 is 2.38 bits per heavy atom. The fourth-order valence-electron chi connectivity index (χ4n) is 2.08. The summed E-state index contributed by atoms with van der Waals surface area (Å²) in [6.45, 7) is 2.19. The number of amides is 1. The largest absolute Gasteiger partial charge is 0.379 e. The van der Waals surface area contributed by atoms with Crippen molar-refractivity contribution in [2.24, 2.45) is 7.05 Å². The average Bonchev–Trinajstić information content (AvgIpc) is 2.79. The third-order valence-electron chi connectivity index (χ3n) is 3.14. The van der Waals surface area contributed by atoms with Crippen molar-refractivity contribution in [3.05, 3.63) is 36.2 Å². The van der Waals surface area contributed by atoms with Crippen LogP contribution in [0.15, 0.2) is 30.5 Å². The Labute approximate surface area is 124 Å². The van der Waals surface area contributed by atoms with Crippen molar-refractivity contribution in [1.82, 2.24) is 9.55 Å². The Kier molecular flexibility index (Phi) is 4.47. The lowest BCUT2D eigenvalue weighted by Crippen LogP contribution is -2.15. The second kappa shape index (κ2) is 6.30. The first-order valence-corrected chi connectivity index (χ1v) is 6.77. The van der Waals surface area contributed by atoms with E-state index in [-0.39, 0.29) is 5.91 Å². The predicted molar refractivity (Wildman–Crippen MR) is 85.6 cm³/mol. The van der Waals surface area contributed by atoms with Crippen LogP contribution in [0.1, 0.15) is 12.6 Å². The molecule has 1 aromatic heterocycles. The number of anilines is 3. The predicted octanol–water partition coefficient (Wildman–Crippen LogP) is 2.06. The van der Waals surface area contributed by atoms with Gasteiger partial charge in [-0.05, 0) is 24.3 Å². The molecule has 2 N–H and O–H groups in total. The zero-order valence-electron chi connectivity index (χ0n) is 12.8. The van der Waals surface area contributed by atoms with Crippen LogP contribution < -0.4 is 15.5 Å². The molecule has 0 atom stereocenters. The number of benzene rings is 1. The van der Waals surface area contributed by atoms with E-state index in [1.165, 1.54) is 6.92 Å². The van der Waals surface area contributed by atoms with Gasteiger partial charge in [-0.1, -0.05) is 0 Å². The van der Waals surface area contributed by atoms with E-state index in [1.807, 2.05) is 56.5 Å². The highest BCUT2D eigenvalue weighted by atomic mass is 16.1. The van der Waals surface area contributed by atoms with Crippen molar-refractivity contribution in [2.45, 2.75) is 13.5 Å². The van der Waals surface area contributed by atoms with Gasteiger partial charge in [-0.25, -0.2) is 4.98 Å². The second-order valence-corrected chi connectivity index (χ2v) is 5.12. The first-order valence-electron chi connectivity index (χ1n) is 6.77. The van der Waals surface area contributed by atoms with Gasteiger partial charge in [0, 0.05) is 39.4 Å². The number of carbonyl (C=O) groups excluding carboxylic acids is 1. The number of carbonyl (C=O) groups is 1. The fraction of sp³-hybridized carbons (Fsp3) is 0.333. The van der Waals surface area contributed by atoms with Gasteiger partial charge in [0.1, 0.15) is 0 Å². The Hall–Kier alpha value is -2.50. The van der Waals surface area contributed by atoms with Gasteiger partial charge in [-0.3, -0.25) is 4.79 Å². The summed E-state index contributed by atoms with van der Waals surface area (Å²) in [7, 11) is 5.94. The smallest absolute Gasteiger partial charge is 0.221 e. The molecule has 0 saturated heterocycles. The maximum Gasteiger partial charge on any atom is 0.221 e. The quantitative estimate of drug-likeness (QED) is 0.883. The van der Waals surface area contributed by atoms with Crippen LogP contribution in [-0.2, 0) is 18.4 Å². The molecule has 1 aromatic carbocycles. The summed E-state index contributed by atoms with van der Waals surface area (Å²) in [4.78, 5) is 17.3. The molecule has 0 radical (unpaired) electrons. The van der Waals surface area contributed by atoms with E-state index in [1.54, 1.807) is 0 Å². The summed E-state index contributed by atoms with van der Waals surface area (Å²) in [5.41, 5.74) is 2.89. The molecule has 21 heavy (non-hydrogen) atoms. The van der Waals surface area contributed by atoms with Crippen LogP contribution in [-0.4, -0.2) is 29.6 Å². The van der Waals surface area contributed by atoms with Crippen molar-refractivity contribution in [2.75, 3.05) is 29.6 Å². The highest BCUT2D eigenvalue weighted by molar-refractivity contribution is 5.88. The Bertz CT molecular complexity index is 615. The highest BCUT2D eigenvalue weighted by Gasteiger charge is 2.07. The molecule has 0 fully saturated rings. The highest BCUT2D eigenvalue weighted by Crippen LogP contribution is 2.16. The van der Waals surface area contributed by atoms with Crippen molar-refractivity contribution in [3.8, 4) is 0 Å².